The van der Waals surface area contributed by atoms with Crippen LogP contribution in [-0.2, 0) is 6.54 Å². The van der Waals surface area contributed by atoms with Gasteiger partial charge in [0.1, 0.15) is 0 Å². The molecule has 20 heavy (non-hydrogen) atoms. The van der Waals surface area contributed by atoms with Crippen molar-refractivity contribution in [2.24, 2.45) is 5.41 Å². The van der Waals surface area contributed by atoms with E-state index in [-0.39, 0.29) is 0 Å². The number of nitrogens with one attached hydrogen (secondary N) is 1. The molecule has 1 heterocycles. The maximum absolute atomic E-state index is 3.37. The summed E-state index contributed by atoms with van der Waals surface area (Å²) in [5.41, 5.74) is 3.38. The first-order valence-corrected chi connectivity index (χ1v) is 8.27. The van der Waals surface area contributed by atoms with Crippen LogP contribution in [0.4, 0.5) is 5.69 Å². The molecule has 0 atom stereocenters. The second kappa shape index (κ2) is 7.12. The molecule has 1 fully saturated rings. The monoisotopic (exact) mass is 274 g/mol. The van der Waals surface area contributed by atoms with E-state index in [2.05, 4.69) is 55.3 Å². The highest BCUT2D eigenvalue weighted by Gasteiger charge is 2.41. The zero-order chi connectivity index (χ0) is 14.4. The molecule has 0 spiro atoms. The average Bonchev–Trinajstić information content (AvgIpc) is 2.43. The van der Waals surface area contributed by atoms with E-state index in [1.54, 1.807) is 0 Å². The number of hydrogen-bond donors (Lipinski definition) is 1. The first kappa shape index (κ1) is 15.4. The Morgan fingerprint density at radius 3 is 2.10 bits per heavy atom. The quantitative estimate of drug-likeness (QED) is 0.764. The first-order valence-electron chi connectivity index (χ1n) is 8.27. The summed E-state index contributed by atoms with van der Waals surface area (Å²) in [6, 6.07) is 9.10. The van der Waals surface area contributed by atoms with Crippen molar-refractivity contribution >= 4 is 5.69 Å². The Hall–Kier alpha value is -1.02. The highest BCUT2D eigenvalue weighted by molar-refractivity contribution is 5.50. The second-order valence-corrected chi connectivity index (χ2v) is 6.30. The van der Waals surface area contributed by atoms with Crippen LogP contribution in [0.25, 0.3) is 0 Å². The Bertz CT molecular complexity index is 382. The van der Waals surface area contributed by atoms with Crippen molar-refractivity contribution in [3.8, 4) is 0 Å². The molecule has 112 valence electrons. The molecule has 0 aromatic heterocycles. The van der Waals surface area contributed by atoms with Crippen LogP contribution >= 0.6 is 0 Å². The van der Waals surface area contributed by atoms with Gasteiger partial charge in [0.25, 0.3) is 0 Å². The van der Waals surface area contributed by atoms with Gasteiger partial charge in [0.05, 0.1) is 0 Å². The normalized spacial score (nSPS) is 17.1. The van der Waals surface area contributed by atoms with Gasteiger partial charge in [0, 0.05) is 30.7 Å². The summed E-state index contributed by atoms with van der Waals surface area (Å²) in [6.45, 7) is 11.3. The summed E-state index contributed by atoms with van der Waals surface area (Å²) < 4.78 is 0. The lowest BCUT2D eigenvalue weighted by atomic mass is 9.72. The van der Waals surface area contributed by atoms with Crippen molar-refractivity contribution in [3.63, 3.8) is 0 Å². The third kappa shape index (κ3) is 3.54. The van der Waals surface area contributed by atoms with E-state index in [9.17, 15) is 0 Å². The molecule has 0 unspecified atom stereocenters. The van der Waals surface area contributed by atoms with E-state index in [1.165, 1.54) is 50.0 Å². The van der Waals surface area contributed by atoms with Gasteiger partial charge in [-0.25, -0.2) is 0 Å². The van der Waals surface area contributed by atoms with Gasteiger partial charge in [-0.2, -0.15) is 0 Å². The molecule has 2 rings (SSSR count). The van der Waals surface area contributed by atoms with Gasteiger partial charge in [-0.1, -0.05) is 45.7 Å². The second-order valence-electron chi connectivity index (χ2n) is 6.30. The van der Waals surface area contributed by atoms with E-state index in [0.717, 1.165) is 13.1 Å². The highest BCUT2D eigenvalue weighted by Crippen LogP contribution is 2.41. The van der Waals surface area contributed by atoms with Gasteiger partial charge in [-0.05, 0) is 37.1 Å². The predicted octanol–water partition coefficient (Wildman–Crippen LogP) is 4.20. The van der Waals surface area contributed by atoms with Crippen molar-refractivity contribution in [1.82, 2.24) is 5.32 Å². The van der Waals surface area contributed by atoms with Gasteiger partial charge in [0.15, 0.2) is 0 Å². The van der Waals surface area contributed by atoms with Crippen LogP contribution in [0.15, 0.2) is 24.3 Å². The molecule has 1 aliphatic rings. The predicted molar refractivity (Wildman–Crippen MR) is 88.3 cm³/mol. The lowest BCUT2D eigenvalue weighted by Crippen LogP contribution is -2.56. The number of anilines is 1. The molecule has 1 N–H and O–H groups in total. The molecule has 1 aromatic carbocycles. The van der Waals surface area contributed by atoms with Crippen molar-refractivity contribution in [1.29, 1.82) is 0 Å². The fourth-order valence-electron chi connectivity index (χ4n) is 3.54. The summed E-state index contributed by atoms with van der Waals surface area (Å²) in [4.78, 5) is 2.54. The van der Waals surface area contributed by atoms with Crippen LogP contribution in [0, 0.1) is 5.41 Å². The standard InChI is InChI=1S/C18H30N2/c1-4-11-18(12-5-2)14-20(15-18)17-9-7-16(8-10-17)13-19-6-3/h7-10,19H,4-6,11-15H2,1-3H3. The zero-order valence-corrected chi connectivity index (χ0v) is 13.4. The Morgan fingerprint density at radius 1 is 1.00 bits per heavy atom. The summed E-state index contributed by atoms with van der Waals surface area (Å²) >= 11 is 0. The lowest BCUT2D eigenvalue weighted by Gasteiger charge is -2.52. The number of benzene rings is 1. The number of rotatable bonds is 8. The number of hydrogen-bond acceptors (Lipinski definition) is 2. The topological polar surface area (TPSA) is 15.3 Å². The smallest absolute Gasteiger partial charge is 0.0366 e. The highest BCUT2D eigenvalue weighted by atomic mass is 15.2. The van der Waals surface area contributed by atoms with E-state index < -0.39 is 0 Å². The van der Waals surface area contributed by atoms with E-state index in [1.807, 2.05) is 0 Å². The Balaban J connectivity index is 1.91. The molecule has 2 nitrogen and oxygen atoms in total. The molecule has 1 saturated heterocycles. The van der Waals surface area contributed by atoms with E-state index in [0.29, 0.717) is 5.41 Å². The van der Waals surface area contributed by atoms with Crippen LogP contribution in [0.3, 0.4) is 0 Å². The van der Waals surface area contributed by atoms with Crippen LogP contribution < -0.4 is 10.2 Å². The molecule has 2 heteroatoms. The lowest BCUT2D eigenvalue weighted by molar-refractivity contribution is 0.173. The summed E-state index contributed by atoms with van der Waals surface area (Å²) in [5, 5.41) is 3.37. The van der Waals surface area contributed by atoms with Gasteiger partial charge in [-0.15, -0.1) is 0 Å². The van der Waals surface area contributed by atoms with Crippen molar-refractivity contribution in [3.05, 3.63) is 29.8 Å². The third-order valence-electron chi connectivity index (χ3n) is 4.49. The number of nitrogens with zero attached hydrogens (tertiary/aromatic N) is 1. The zero-order valence-electron chi connectivity index (χ0n) is 13.4. The van der Waals surface area contributed by atoms with Crippen LogP contribution in [0.2, 0.25) is 0 Å². The fourth-order valence-corrected chi connectivity index (χ4v) is 3.54. The van der Waals surface area contributed by atoms with Crippen LogP contribution in [-0.4, -0.2) is 19.6 Å². The maximum Gasteiger partial charge on any atom is 0.0366 e. The molecular weight excluding hydrogens is 244 g/mol. The van der Waals surface area contributed by atoms with Crippen LogP contribution in [0.1, 0.15) is 52.0 Å². The van der Waals surface area contributed by atoms with Crippen molar-refractivity contribution in [2.45, 2.75) is 53.0 Å². The summed E-state index contributed by atoms with van der Waals surface area (Å²) in [7, 11) is 0. The van der Waals surface area contributed by atoms with Crippen LogP contribution in [0.5, 0.6) is 0 Å². The van der Waals surface area contributed by atoms with Gasteiger partial charge >= 0.3 is 0 Å². The summed E-state index contributed by atoms with van der Waals surface area (Å²) in [5.74, 6) is 0. The Labute approximate surface area is 124 Å². The molecule has 0 radical (unpaired) electrons. The Morgan fingerprint density at radius 2 is 1.60 bits per heavy atom. The van der Waals surface area contributed by atoms with E-state index in [4.69, 9.17) is 0 Å². The van der Waals surface area contributed by atoms with Gasteiger partial charge in [-0.3, -0.25) is 0 Å². The Kier molecular flexibility index (Phi) is 5.47. The first-order chi connectivity index (χ1) is 9.73. The minimum atomic E-state index is 0.603. The van der Waals surface area contributed by atoms with Crippen molar-refractivity contribution < 1.29 is 0 Å². The minimum Gasteiger partial charge on any atom is -0.370 e. The van der Waals surface area contributed by atoms with Gasteiger partial charge < -0.3 is 10.2 Å². The van der Waals surface area contributed by atoms with E-state index >= 15 is 0 Å². The average molecular weight is 274 g/mol. The molecule has 0 amide bonds. The molecule has 1 aliphatic heterocycles. The molecule has 0 saturated carbocycles. The molecule has 1 aromatic rings. The molecule has 0 aliphatic carbocycles. The SMILES string of the molecule is CCCC1(CCC)CN(c2ccc(CNCC)cc2)C1. The van der Waals surface area contributed by atoms with Gasteiger partial charge in [0.2, 0.25) is 0 Å². The maximum atomic E-state index is 3.37. The molecular formula is C18H30N2. The fraction of sp³-hybridized carbons (Fsp3) is 0.667. The minimum absolute atomic E-state index is 0.603. The summed E-state index contributed by atoms with van der Waals surface area (Å²) in [6.07, 6.45) is 5.40. The largest absolute Gasteiger partial charge is 0.370 e. The van der Waals surface area contributed by atoms with Crippen molar-refractivity contribution in [2.75, 3.05) is 24.5 Å². The third-order valence-corrected chi connectivity index (χ3v) is 4.49. The molecule has 0 bridgehead atoms.